The molecule has 1 aromatic carbocycles. The van der Waals surface area contributed by atoms with E-state index in [9.17, 15) is 23.1 Å². The summed E-state index contributed by atoms with van der Waals surface area (Å²) in [5.41, 5.74) is -1.55. The van der Waals surface area contributed by atoms with Crippen LogP contribution in [0.4, 0.5) is 18.9 Å². The highest BCUT2D eigenvalue weighted by molar-refractivity contribution is 5.90. The lowest BCUT2D eigenvalue weighted by Crippen LogP contribution is -2.37. The highest BCUT2D eigenvalue weighted by Gasteiger charge is 2.30. The molecule has 0 saturated heterocycles. The normalized spacial score (nSPS) is 12.5. The van der Waals surface area contributed by atoms with Crippen LogP contribution in [0.5, 0.6) is 0 Å². The summed E-state index contributed by atoms with van der Waals surface area (Å²) in [5.74, 6) is -0.373. The number of benzene rings is 1. The van der Waals surface area contributed by atoms with Gasteiger partial charge in [0.25, 0.3) is 0 Å². The number of aliphatic hydroxyl groups is 1. The average Bonchev–Trinajstić information content (AvgIpc) is 2.34. The molecule has 0 aliphatic carbocycles. The zero-order chi connectivity index (χ0) is 17.0. The molecule has 124 valence electrons. The Bertz CT molecular complexity index is 510. The van der Waals surface area contributed by atoms with E-state index in [1.54, 1.807) is 25.8 Å². The summed E-state index contributed by atoms with van der Waals surface area (Å²) in [6, 6.07) is 4.51. The molecule has 4 nitrogen and oxygen atoms in total. The third-order valence-electron chi connectivity index (χ3n) is 2.85. The molecule has 0 aliphatic heterocycles. The van der Waals surface area contributed by atoms with Crippen LogP contribution in [0.2, 0.25) is 0 Å². The van der Waals surface area contributed by atoms with Crippen LogP contribution < -0.4 is 5.32 Å². The van der Waals surface area contributed by atoms with Gasteiger partial charge in [-0.25, -0.2) is 0 Å². The Morgan fingerprint density at radius 3 is 2.50 bits per heavy atom. The van der Waals surface area contributed by atoms with Gasteiger partial charge in [-0.1, -0.05) is 6.07 Å². The van der Waals surface area contributed by atoms with Gasteiger partial charge in [-0.05, 0) is 39.1 Å². The molecule has 0 saturated carbocycles. The van der Waals surface area contributed by atoms with Gasteiger partial charge < -0.3 is 15.3 Å². The molecule has 1 amide bonds. The third-order valence-corrected chi connectivity index (χ3v) is 2.85. The van der Waals surface area contributed by atoms with E-state index in [1.165, 1.54) is 12.1 Å². The number of hydrogen-bond acceptors (Lipinski definition) is 3. The SMILES string of the molecule is CN(CCC(=O)Nc1cccc(C(F)(F)F)c1)CC(C)(C)O. The number of alkyl halides is 3. The number of anilines is 1. The maximum absolute atomic E-state index is 12.6. The highest BCUT2D eigenvalue weighted by atomic mass is 19.4. The van der Waals surface area contributed by atoms with Crippen LogP contribution in [0.3, 0.4) is 0 Å². The second kappa shape index (κ2) is 7.11. The lowest BCUT2D eigenvalue weighted by Gasteiger charge is -2.25. The quantitative estimate of drug-likeness (QED) is 0.848. The van der Waals surface area contributed by atoms with Crippen LogP contribution in [-0.2, 0) is 11.0 Å². The van der Waals surface area contributed by atoms with E-state index in [1.807, 2.05) is 0 Å². The Kier molecular flexibility index (Phi) is 5.96. The van der Waals surface area contributed by atoms with Gasteiger partial charge in [0.15, 0.2) is 0 Å². The summed E-state index contributed by atoms with van der Waals surface area (Å²) >= 11 is 0. The maximum Gasteiger partial charge on any atom is 0.416 e. The Balaban J connectivity index is 2.52. The van der Waals surface area contributed by atoms with Gasteiger partial charge in [-0.3, -0.25) is 4.79 Å². The molecule has 0 heterocycles. The minimum atomic E-state index is -4.44. The number of rotatable bonds is 6. The number of likely N-dealkylation sites (N-methyl/N-ethyl adjacent to an activating group) is 1. The second-order valence-electron chi connectivity index (χ2n) is 5.93. The predicted molar refractivity (Wildman–Crippen MR) is 78.5 cm³/mol. The van der Waals surface area contributed by atoms with Crippen molar-refractivity contribution in [2.24, 2.45) is 0 Å². The van der Waals surface area contributed by atoms with E-state index in [2.05, 4.69) is 5.32 Å². The predicted octanol–water partition coefficient (Wildman–Crippen LogP) is 2.74. The standard InChI is InChI=1S/C15H21F3N2O2/c1-14(2,22)10-20(3)8-7-13(21)19-12-6-4-5-11(9-12)15(16,17)18/h4-6,9,22H,7-8,10H2,1-3H3,(H,19,21). The maximum atomic E-state index is 12.6. The molecule has 0 atom stereocenters. The van der Waals surface area contributed by atoms with Crippen LogP contribution in [0.25, 0.3) is 0 Å². The second-order valence-corrected chi connectivity index (χ2v) is 5.93. The molecule has 22 heavy (non-hydrogen) atoms. The van der Waals surface area contributed by atoms with Gasteiger partial charge in [-0.15, -0.1) is 0 Å². The van der Waals surface area contributed by atoms with Crippen molar-refractivity contribution in [2.75, 3.05) is 25.5 Å². The van der Waals surface area contributed by atoms with E-state index >= 15 is 0 Å². The largest absolute Gasteiger partial charge is 0.416 e. The first-order valence-electron chi connectivity index (χ1n) is 6.85. The van der Waals surface area contributed by atoms with Crippen LogP contribution in [0.1, 0.15) is 25.8 Å². The highest BCUT2D eigenvalue weighted by Crippen LogP contribution is 2.30. The number of carbonyl (C=O) groups is 1. The number of hydrogen-bond donors (Lipinski definition) is 2. The molecular weight excluding hydrogens is 297 g/mol. The summed E-state index contributed by atoms with van der Waals surface area (Å²) in [4.78, 5) is 13.5. The minimum Gasteiger partial charge on any atom is -0.389 e. The summed E-state index contributed by atoms with van der Waals surface area (Å²) in [7, 11) is 1.76. The van der Waals surface area contributed by atoms with Crippen molar-refractivity contribution < 1.29 is 23.1 Å². The number of nitrogens with one attached hydrogen (secondary N) is 1. The number of nitrogens with zero attached hydrogens (tertiary/aromatic N) is 1. The first kappa shape index (κ1) is 18.4. The van der Waals surface area contributed by atoms with Crippen molar-refractivity contribution in [3.05, 3.63) is 29.8 Å². The van der Waals surface area contributed by atoms with Crippen molar-refractivity contribution in [1.82, 2.24) is 4.90 Å². The Morgan fingerprint density at radius 2 is 1.95 bits per heavy atom. The van der Waals surface area contributed by atoms with Crippen molar-refractivity contribution in [3.8, 4) is 0 Å². The fraction of sp³-hybridized carbons (Fsp3) is 0.533. The number of halogens is 3. The Labute approximate surface area is 127 Å². The van der Waals surface area contributed by atoms with Gasteiger partial charge in [0.05, 0.1) is 11.2 Å². The van der Waals surface area contributed by atoms with Gasteiger partial charge in [0, 0.05) is 25.2 Å². The molecule has 0 aliphatic rings. The minimum absolute atomic E-state index is 0.116. The zero-order valence-electron chi connectivity index (χ0n) is 12.9. The zero-order valence-corrected chi connectivity index (χ0v) is 12.9. The van der Waals surface area contributed by atoms with E-state index in [0.717, 1.165) is 12.1 Å². The summed E-state index contributed by atoms with van der Waals surface area (Å²) < 4.78 is 37.7. The van der Waals surface area contributed by atoms with Crippen LogP contribution >= 0.6 is 0 Å². The van der Waals surface area contributed by atoms with Crippen molar-refractivity contribution in [3.63, 3.8) is 0 Å². The smallest absolute Gasteiger partial charge is 0.389 e. The third kappa shape index (κ3) is 6.91. The topological polar surface area (TPSA) is 52.6 Å². The molecule has 0 aromatic heterocycles. The lowest BCUT2D eigenvalue weighted by molar-refractivity contribution is -0.137. The molecule has 7 heteroatoms. The first-order valence-corrected chi connectivity index (χ1v) is 6.85. The lowest BCUT2D eigenvalue weighted by atomic mass is 10.1. The summed E-state index contributed by atoms with van der Waals surface area (Å²) in [5, 5.41) is 12.1. The van der Waals surface area contributed by atoms with Gasteiger partial charge in [0.2, 0.25) is 5.91 Å². The molecule has 0 fully saturated rings. The van der Waals surface area contributed by atoms with Crippen LogP contribution in [-0.4, -0.2) is 41.7 Å². The van der Waals surface area contributed by atoms with Gasteiger partial charge in [-0.2, -0.15) is 13.2 Å². The molecular formula is C15H21F3N2O2. The Morgan fingerprint density at radius 1 is 1.32 bits per heavy atom. The van der Waals surface area contributed by atoms with E-state index in [4.69, 9.17) is 0 Å². The molecule has 1 rings (SSSR count). The molecule has 0 unspecified atom stereocenters. The average molecular weight is 318 g/mol. The van der Waals surface area contributed by atoms with E-state index in [-0.39, 0.29) is 18.0 Å². The molecule has 0 bridgehead atoms. The van der Waals surface area contributed by atoms with E-state index < -0.39 is 17.3 Å². The molecule has 0 spiro atoms. The molecule has 1 aromatic rings. The summed E-state index contributed by atoms with van der Waals surface area (Å²) in [6.07, 6.45) is -4.31. The van der Waals surface area contributed by atoms with Crippen molar-refractivity contribution in [2.45, 2.75) is 32.0 Å². The van der Waals surface area contributed by atoms with Gasteiger partial charge in [0.1, 0.15) is 0 Å². The monoisotopic (exact) mass is 318 g/mol. The Hall–Kier alpha value is -1.60. The van der Waals surface area contributed by atoms with Crippen LogP contribution in [0.15, 0.2) is 24.3 Å². The fourth-order valence-electron chi connectivity index (χ4n) is 2.03. The summed E-state index contributed by atoms with van der Waals surface area (Å²) in [6.45, 7) is 4.11. The first-order chi connectivity index (χ1) is 9.97. The molecule has 2 N–H and O–H groups in total. The molecule has 0 radical (unpaired) electrons. The van der Waals surface area contributed by atoms with Crippen LogP contribution in [0, 0.1) is 0 Å². The number of carbonyl (C=O) groups excluding carboxylic acids is 1. The van der Waals surface area contributed by atoms with Crippen molar-refractivity contribution in [1.29, 1.82) is 0 Å². The van der Waals surface area contributed by atoms with Crippen molar-refractivity contribution >= 4 is 11.6 Å². The van der Waals surface area contributed by atoms with E-state index in [0.29, 0.717) is 13.1 Å². The van der Waals surface area contributed by atoms with Gasteiger partial charge >= 0.3 is 6.18 Å². The number of amides is 1. The fourth-order valence-corrected chi connectivity index (χ4v) is 2.03.